The van der Waals surface area contributed by atoms with Crippen molar-refractivity contribution < 1.29 is 9.90 Å². The van der Waals surface area contributed by atoms with E-state index in [1.807, 2.05) is 0 Å². The number of anilines is 1. The van der Waals surface area contributed by atoms with Gasteiger partial charge in [-0.15, -0.1) is 0 Å². The Labute approximate surface area is 125 Å². The summed E-state index contributed by atoms with van der Waals surface area (Å²) in [5.41, 5.74) is 1.45. The molecule has 2 rings (SSSR count). The SMILES string of the molecule is CCN(CC)C1CCN(c2ccc(C(=O)O)cc2C#N)C1. The van der Waals surface area contributed by atoms with Gasteiger partial charge in [-0.05, 0) is 37.7 Å². The van der Waals surface area contributed by atoms with E-state index in [9.17, 15) is 10.1 Å². The van der Waals surface area contributed by atoms with Crippen molar-refractivity contribution in [2.75, 3.05) is 31.1 Å². The van der Waals surface area contributed by atoms with Gasteiger partial charge < -0.3 is 10.0 Å². The second kappa shape index (κ2) is 6.59. The number of hydrogen-bond donors (Lipinski definition) is 1. The van der Waals surface area contributed by atoms with Crippen LogP contribution in [-0.4, -0.2) is 48.2 Å². The Kier molecular flexibility index (Phi) is 4.81. The molecule has 1 aromatic carbocycles. The van der Waals surface area contributed by atoms with E-state index in [1.54, 1.807) is 12.1 Å². The predicted molar refractivity (Wildman–Crippen MR) is 81.7 cm³/mol. The first-order valence-corrected chi connectivity index (χ1v) is 7.37. The van der Waals surface area contributed by atoms with Crippen LogP contribution in [0.25, 0.3) is 0 Å². The van der Waals surface area contributed by atoms with Crippen molar-refractivity contribution >= 4 is 11.7 Å². The molecule has 112 valence electrons. The molecule has 5 nitrogen and oxygen atoms in total. The molecular weight excluding hydrogens is 266 g/mol. The first kappa shape index (κ1) is 15.3. The van der Waals surface area contributed by atoms with Crippen LogP contribution in [-0.2, 0) is 0 Å². The van der Waals surface area contributed by atoms with E-state index in [4.69, 9.17) is 5.11 Å². The molecule has 0 radical (unpaired) electrons. The highest BCUT2D eigenvalue weighted by Crippen LogP contribution is 2.27. The zero-order valence-corrected chi connectivity index (χ0v) is 12.5. The van der Waals surface area contributed by atoms with Crippen LogP contribution >= 0.6 is 0 Å². The number of nitrogens with zero attached hydrogens (tertiary/aromatic N) is 3. The van der Waals surface area contributed by atoms with E-state index in [2.05, 4.69) is 29.7 Å². The largest absolute Gasteiger partial charge is 0.478 e. The van der Waals surface area contributed by atoms with Gasteiger partial charge in [0.15, 0.2) is 0 Å². The summed E-state index contributed by atoms with van der Waals surface area (Å²) >= 11 is 0. The van der Waals surface area contributed by atoms with Crippen LogP contribution in [0, 0.1) is 11.3 Å². The minimum Gasteiger partial charge on any atom is -0.478 e. The Morgan fingerprint density at radius 2 is 2.19 bits per heavy atom. The summed E-state index contributed by atoms with van der Waals surface area (Å²) in [6.07, 6.45) is 1.08. The lowest BCUT2D eigenvalue weighted by Gasteiger charge is -2.27. The first-order chi connectivity index (χ1) is 10.1. The van der Waals surface area contributed by atoms with E-state index in [0.29, 0.717) is 11.6 Å². The fraction of sp³-hybridized carbons (Fsp3) is 0.500. The smallest absolute Gasteiger partial charge is 0.335 e. The van der Waals surface area contributed by atoms with Crippen molar-refractivity contribution in [1.82, 2.24) is 4.90 Å². The maximum Gasteiger partial charge on any atom is 0.335 e. The fourth-order valence-electron chi connectivity index (χ4n) is 3.03. The molecule has 1 atom stereocenters. The summed E-state index contributed by atoms with van der Waals surface area (Å²) in [6.45, 7) is 8.17. The van der Waals surface area contributed by atoms with Crippen molar-refractivity contribution in [1.29, 1.82) is 5.26 Å². The standard InChI is InChI=1S/C16H21N3O2/c1-3-18(4-2)14-7-8-19(11-14)15-6-5-12(16(20)21)9-13(15)10-17/h5-6,9,14H,3-4,7-8,11H2,1-2H3,(H,20,21). The molecule has 1 N–H and O–H groups in total. The molecule has 0 aliphatic carbocycles. The van der Waals surface area contributed by atoms with E-state index >= 15 is 0 Å². The van der Waals surface area contributed by atoms with Crippen molar-refractivity contribution in [3.05, 3.63) is 29.3 Å². The van der Waals surface area contributed by atoms with Crippen LogP contribution < -0.4 is 4.90 Å². The van der Waals surface area contributed by atoms with Gasteiger partial charge in [-0.3, -0.25) is 4.90 Å². The number of rotatable bonds is 5. The summed E-state index contributed by atoms with van der Waals surface area (Å²) in [6, 6.07) is 7.42. The predicted octanol–water partition coefficient (Wildman–Crippen LogP) is 2.18. The van der Waals surface area contributed by atoms with Crippen molar-refractivity contribution in [2.24, 2.45) is 0 Å². The van der Waals surface area contributed by atoms with E-state index < -0.39 is 5.97 Å². The van der Waals surface area contributed by atoms with Gasteiger partial charge in [0.25, 0.3) is 0 Å². The monoisotopic (exact) mass is 287 g/mol. The molecule has 0 amide bonds. The fourth-order valence-corrected chi connectivity index (χ4v) is 3.03. The van der Waals surface area contributed by atoms with Crippen LogP contribution in [0.5, 0.6) is 0 Å². The maximum atomic E-state index is 11.0. The number of aromatic carboxylic acids is 1. The van der Waals surface area contributed by atoms with Crippen molar-refractivity contribution in [2.45, 2.75) is 26.3 Å². The molecule has 0 saturated carbocycles. The third-order valence-corrected chi connectivity index (χ3v) is 4.20. The second-order valence-corrected chi connectivity index (χ2v) is 5.26. The molecule has 0 aromatic heterocycles. The topological polar surface area (TPSA) is 67.6 Å². The Balaban J connectivity index is 2.20. The summed E-state index contributed by atoms with van der Waals surface area (Å²) in [5, 5.41) is 18.3. The molecule has 1 heterocycles. The van der Waals surface area contributed by atoms with E-state index in [-0.39, 0.29) is 5.56 Å². The lowest BCUT2D eigenvalue weighted by atomic mass is 10.1. The molecule has 1 aliphatic rings. The lowest BCUT2D eigenvalue weighted by molar-refractivity contribution is 0.0697. The van der Waals surface area contributed by atoms with Gasteiger partial charge in [0.1, 0.15) is 6.07 Å². The zero-order chi connectivity index (χ0) is 15.4. The summed E-state index contributed by atoms with van der Waals surface area (Å²) < 4.78 is 0. The summed E-state index contributed by atoms with van der Waals surface area (Å²) in [4.78, 5) is 15.6. The van der Waals surface area contributed by atoms with Crippen LogP contribution in [0.1, 0.15) is 36.2 Å². The van der Waals surface area contributed by atoms with Gasteiger partial charge >= 0.3 is 5.97 Å². The average molecular weight is 287 g/mol. The zero-order valence-electron chi connectivity index (χ0n) is 12.5. The second-order valence-electron chi connectivity index (χ2n) is 5.26. The van der Waals surface area contributed by atoms with Gasteiger partial charge in [-0.25, -0.2) is 4.79 Å². The van der Waals surface area contributed by atoms with E-state index in [1.165, 1.54) is 6.07 Å². The van der Waals surface area contributed by atoms with Crippen molar-refractivity contribution in [3.63, 3.8) is 0 Å². The van der Waals surface area contributed by atoms with Gasteiger partial charge in [0.2, 0.25) is 0 Å². The number of benzene rings is 1. The number of nitriles is 1. The highest BCUT2D eigenvalue weighted by molar-refractivity contribution is 5.89. The number of likely N-dealkylation sites (N-methyl/N-ethyl adjacent to an activating group) is 1. The quantitative estimate of drug-likeness (QED) is 0.899. The normalized spacial score (nSPS) is 18.0. The minimum absolute atomic E-state index is 0.162. The molecule has 0 bridgehead atoms. The van der Waals surface area contributed by atoms with Gasteiger partial charge in [0.05, 0.1) is 16.8 Å². The van der Waals surface area contributed by atoms with Crippen molar-refractivity contribution in [3.8, 4) is 6.07 Å². The summed E-state index contributed by atoms with van der Waals surface area (Å²) in [7, 11) is 0. The highest BCUT2D eigenvalue weighted by Gasteiger charge is 2.27. The molecule has 0 spiro atoms. The first-order valence-electron chi connectivity index (χ1n) is 7.37. The van der Waals surface area contributed by atoms with Gasteiger partial charge in [-0.2, -0.15) is 5.26 Å². The summed E-state index contributed by atoms with van der Waals surface area (Å²) in [5.74, 6) is -1.000. The third-order valence-electron chi connectivity index (χ3n) is 4.20. The Hall–Kier alpha value is -2.06. The number of carboxylic acids is 1. The van der Waals surface area contributed by atoms with Crippen LogP contribution in [0.2, 0.25) is 0 Å². The Morgan fingerprint density at radius 3 is 2.76 bits per heavy atom. The average Bonchev–Trinajstić information content (AvgIpc) is 2.97. The van der Waals surface area contributed by atoms with Crippen LogP contribution in [0.15, 0.2) is 18.2 Å². The van der Waals surface area contributed by atoms with Gasteiger partial charge in [-0.1, -0.05) is 13.8 Å². The molecule has 1 aromatic rings. The number of carbonyl (C=O) groups is 1. The lowest BCUT2D eigenvalue weighted by Crippen LogP contribution is -2.37. The number of hydrogen-bond acceptors (Lipinski definition) is 4. The molecule has 1 aliphatic heterocycles. The highest BCUT2D eigenvalue weighted by atomic mass is 16.4. The Morgan fingerprint density at radius 1 is 1.48 bits per heavy atom. The molecule has 5 heteroatoms. The molecule has 1 saturated heterocycles. The molecule has 1 unspecified atom stereocenters. The van der Waals surface area contributed by atoms with Crippen LogP contribution in [0.3, 0.4) is 0 Å². The molecule has 21 heavy (non-hydrogen) atoms. The van der Waals surface area contributed by atoms with Crippen LogP contribution in [0.4, 0.5) is 5.69 Å². The Bertz CT molecular complexity index is 561. The van der Waals surface area contributed by atoms with Gasteiger partial charge in [0, 0.05) is 19.1 Å². The molecule has 1 fully saturated rings. The third kappa shape index (κ3) is 3.17. The number of carboxylic acid groups (broad SMARTS) is 1. The van der Waals surface area contributed by atoms with E-state index in [0.717, 1.165) is 38.3 Å². The molecular formula is C16H21N3O2. The maximum absolute atomic E-state index is 11.0. The minimum atomic E-state index is -1.000.